The summed E-state index contributed by atoms with van der Waals surface area (Å²) in [4.78, 5) is 15.5. The average molecular weight is 331 g/mol. The van der Waals surface area contributed by atoms with Crippen molar-refractivity contribution < 1.29 is 13.2 Å². The van der Waals surface area contributed by atoms with Crippen molar-refractivity contribution in [1.82, 2.24) is 19.9 Å². The summed E-state index contributed by atoms with van der Waals surface area (Å²) in [7, 11) is 0. The summed E-state index contributed by atoms with van der Waals surface area (Å²) in [6.07, 6.45) is 1.62. The van der Waals surface area contributed by atoms with Crippen LogP contribution in [0.4, 0.5) is 19.0 Å². The molecule has 0 bridgehead atoms. The molecule has 0 saturated heterocycles. The minimum atomic E-state index is -4.56. The van der Waals surface area contributed by atoms with E-state index in [0.717, 1.165) is 11.6 Å². The highest BCUT2D eigenvalue weighted by Crippen LogP contribution is 2.30. The molecule has 0 spiro atoms. The second-order valence-electron chi connectivity index (χ2n) is 4.90. The van der Waals surface area contributed by atoms with Gasteiger partial charge in [0.1, 0.15) is 5.82 Å². The van der Waals surface area contributed by atoms with Crippen LogP contribution in [0, 0.1) is 0 Å². The van der Waals surface area contributed by atoms with Crippen molar-refractivity contribution in [1.29, 1.82) is 0 Å². The van der Waals surface area contributed by atoms with E-state index < -0.39 is 11.9 Å². The summed E-state index contributed by atoms with van der Waals surface area (Å²) in [5.41, 5.74) is 0.340. The van der Waals surface area contributed by atoms with Crippen LogP contribution in [0.5, 0.6) is 0 Å². The maximum absolute atomic E-state index is 13.1. The van der Waals surface area contributed by atoms with Gasteiger partial charge < -0.3 is 5.32 Å². The third-order valence-electron chi connectivity index (χ3n) is 3.18. The Morgan fingerprint density at radius 3 is 2.12 bits per heavy atom. The number of aromatic nitrogens is 4. The molecule has 0 aliphatic rings. The standard InChI is InChI=1S/C16H12F3N5/c17-16(18,19)13-9-14(22-10-11-1-5-20-6-2-11)24-15(23-13)12-3-7-21-8-4-12/h1-9H,10H2,(H,22,23,24). The Morgan fingerprint density at radius 1 is 0.875 bits per heavy atom. The number of pyridine rings is 2. The Balaban J connectivity index is 1.93. The molecule has 24 heavy (non-hydrogen) atoms. The molecule has 3 aromatic rings. The van der Waals surface area contributed by atoms with Crippen molar-refractivity contribution in [2.45, 2.75) is 12.7 Å². The maximum Gasteiger partial charge on any atom is 0.433 e. The lowest BCUT2D eigenvalue weighted by molar-refractivity contribution is -0.141. The molecule has 0 amide bonds. The molecule has 0 aliphatic carbocycles. The molecule has 0 fully saturated rings. The number of rotatable bonds is 4. The Hall–Kier alpha value is -3.03. The van der Waals surface area contributed by atoms with E-state index in [1.54, 1.807) is 36.7 Å². The molecule has 8 heteroatoms. The van der Waals surface area contributed by atoms with Crippen molar-refractivity contribution in [3.63, 3.8) is 0 Å². The highest BCUT2D eigenvalue weighted by Gasteiger charge is 2.33. The highest BCUT2D eigenvalue weighted by molar-refractivity contribution is 5.57. The van der Waals surface area contributed by atoms with Gasteiger partial charge in [-0.05, 0) is 29.8 Å². The number of nitrogens with one attached hydrogen (secondary N) is 1. The lowest BCUT2D eigenvalue weighted by Crippen LogP contribution is -2.12. The predicted octanol–water partition coefficient (Wildman–Crippen LogP) is 3.56. The van der Waals surface area contributed by atoms with E-state index >= 15 is 0 Å². The van der Waals surface area contributed by atoms with Crippen LogP contribution in [0.1, 0.15) is 11.3 Å². The van der Waals surface area contributed by atoms with Crippen LogP contribution in [0.2, 0.25) is 0 Å². The fraction of sp³-hybridized carbons (Fsp3) is 0.125. The topological polar surface area (TPSA) is 63.6 Å². The summed E-state index contributed by atoms with van der Waals surface area (Å²) in [5, 5.41) is 2.89. The molecule has 3 aromatic heterocycles. The zero-order valence-corrected chi connectivity index (χ0v) is 12.3. The van der Waals surface area contributed by atoms with Gasteiger partial charge in [0.05, 0.1) is 0 Å². The molecular formula is C16H12F3N5. The van der Waals surface area contributed by atoms with Crippen molar-refractivity contribution in [3.05, 3.63) is 66.4 Å². The van der Waals surface area contributed by atoms with Gasteiger partial charge in [-0.25, -0.2) is 9.97 Å². The molecule has 1 N–H and O–H groups in total. The summed E-state index contributed by atoms with van der Waals surface area (Å²) in [6.45, 7) is 0.326. The zero-order valence-electron chi connectivity index (χ0n) is 12.3. The van der Waals surface area contributed by atoms with Crippen LogP contribution < -0.4 is 5.32 Å². The molecule has 0 aliphatic heterocycles. The molecule has 0 radical (unpaired) electrons. The van der Waals surface area contributed by atoms with Gasteiger partial charge in [0.15, 0.2) is 11.5 Å². The van der Waals surface area contributed by atoms with E-state index in [1.807, 2.05) is 0 Å². The monoisotopic (exact) mass is 331 g/mol. The van der Waals surface area contributed by atoms with E-state index in [2.05, 4.69) is 25.3 Å². The van der Waals surface area contributed by atoms with E-state index in [1.165, 1.54) is 12.4 Å². The molecule has 0 atom stereocenters. The zero-order chi connectivity index (χ0) is 17.0. The Morgan fingerprint density at radius 2 is 1.50 bits per heavy atom. The molecular weight excluding hydrogens is 319 g/mol. The molecule has 3 heterocycles. The van der Waals surface area contributed by atoms with Gasteiger partial charge in [-0.15, -0.1) is 0 Å². The van der Waals surface area contributed by atoms with Gasteiger partial charge >= 0.3 is 6.18 Å². The third kappa shape index (κ3) is 3.83. The summed E-state index contributed by atoms with van der Waals surface area (Å²) < 4.78 is 39.3. The number of hydrogen-bond acceptors (Lipinski definition) is 5. The van der Waals surface area contributed by atoms with Gasteiger partial charge in [0.2, 0.25) is 0 Å². The molecule has 0 unspecified atom stereocenters. The number of alkyl halides is 3. The summed E-state index contributed by atoms with van der Waals surface area (Å²) >= 11 is 0. The average Bonchev–Trinajstić information content (AvgIpc) is 2.61. The minimum absolute atomic E-state index is 0.00977. The largest absolute Gasteiger partial charge is 0.433 e. The smallest absolute Gasteiger partial charge is 0.366 e. The molecule has 5 nitrogen and oxygen atoms in total. The first-order valence-corrected chi connectivity index (χ1v) is 7.02. The van der Waals surface area contributed by atoms with E-state index in [4.69, 9.17) is 0 Å². The Kier molecular flexibility index (Phi) is 4.37. The molecule has 122 valence electrons. The highest BCUT2D eigenvalue weighted by atomic mass is 19.4. The van der Waals surface area contributed by atoms with Gasteiger partial charge in [0.25, 0.3) is 0 Å². The first-order valence-electron chi connectivity index (χ1n) is 7.02. The first-order chi connectivity index (χ1) is 11.5. The van der Waals surface area contributed by atoms with Crippen molar-refractivity contribution >= 4 is 5.82 Å². The fourth-order valence-electron chi connectivity index (χ4n) is 2.01. The van der Waals surface area contributed by atoms with Gasteiger partial charge in [-0.2, -0.15) is 13.2 Å². The third-order valence-corrected chi connectivity index (χ3v) is 3.18. The Bertz CT molecular complexity index is 807. The van der Waals surface area contributed by atoms with Gasteiger partial charge in [-0.1, -0.05) is 0 Å². The molecule has 3 rings (SSSR count). The second-order valence-corrected chi connectivity index (χ2v) is 4.90. The number of anilines is 1. The van der Waals surface area contributed by atoms with Crippen LogP contribution in [0.15, 0.2) is 55.1 Å². The van der Waals surface area contributed by atoms with Crippen molar-refractivity contribution in [2.75, 3.05) is 5.32 Å². The van der Waals surface area contributed by atoms with Crippen LogP contribution in [-0.4, -0.2) is 19.9 Å². The van der Waals surface area contributed by atoms with E-state index in [9.17, 15) is 13.2 Å². The maximum atomic E-state index is 13.1. The van der Waals surface area contributed by atoms with E-state index in [0.29, 0.717) is 12.1 Å². The molecule has 0 saturated carbocycles. The number of hydrogen-bond donors (Lipinski definition) is 1. The summed E-state index contributed by atoms with van der Waals surface area (Å²) in [6, 6.07) is 7.54. The number of halogens is 3. The van der Waals surface area contributed by atoms with Crippen molar-refractivity contribution in [3.8, 4) is 11.4 Å². The van der Waals surface area contributed by atoms with Crippen LogP contribution in [0.3, 0.4) is 0 Å². The van der Waals surface area contributed by atoms with Gasteiger partial charge in [-0.3, -0.25) is 9.97 Å². The molecule has 0 aromatic carbocycles. The summed E-state index contributed by atoms with van der Waals surface area (Å²) in [5.74, 6) is 0.0883. The minimum Gasteiger partial charge on any atom is -0.366 e. The lowest BCUT2D eigenvalue weighted by Gasteiger charge is -2.12. The predicted molar refractivity (Wildman–Crippen MR) is 81.8 cm³/mol. The van der Waals surface area contributed by atoms with Crippen molar-refractivity contribution in [2.24, 2.45) is 0 Å². The van der Waals surface area contributed by atoms with Crippen LogP contribution in [0.25, 0.3) is 11.4 Å². The fourth-order valence-corrected chi connectivity index (χ4v) is 2.01. The normalized spacial score (nSPS) is 11.3. The SMILES string of the molecule is FC(F)(F)c1cc(NCc2ccncc2)nc(-c2ccncc2)n1. The van der Waals surface area contributed by atoms with Crippen LogP contribution in [-0.2, 0) is 12.7 Å². The van der Waals surface area contributed by atoms with Gasteiger partial charge in [0, 0.05) is 43.0 Å². The van der Waals surface area contributed by atoms with Crippen LogP contribution >= 0.6 is 0 Å². The van der Waals surface area contributed by atoms with E-state index in [-0.39, 0.29) is 11.6 Å². The number of nitrogens with zero attached hydrogens (tertiary/aromatic N) is 4. The second kappa shape index (κ2) is 6.61. The lowest BCUT2D eigenvalue weighted by atomic mass is 10.2. The first kappa shape index (κ1) is 15.9. The Labute approximate surface area is 135 Å². The quantitative estimate of drug-likeness (QED) is 0.792.